The van der Waals surface area contributed by atoms with Crippen LogP contribution in [0.3, 0.4) is 0 Å². The molecule has 1 atom stereocenters. The number of hydroxylamine groups is 2. The maximum absolute atomic E-state index is 9.19. The Morgan fingerprint density at radius 1 is 1.27 bits per heavy atom. The lowest BCUT2D eigenvalue weighted by molar-refractivity contribution is -0.120. The molecule has 0 saturated heterocycles. The Balaban J connectivity index is 3.43. The van der Waals surface area contributed by atoms with Crippen LogP contribution in [0.1, 0.15) is 27.2 Å². The highest BCUT2D eigenvalue weighted by Crippen LogP contribution is 1.98. The van der Waals surface area contributed by atoms with Crippen molar-refractivity contribution in [2.75, 3.05) is 13.1 Å². The van der Waals surface area contributed by atoms with Crippen LogP contribution in [-0.2, 0) is 0 Å². The van der Waals surface area contributed by atoms with E-state index in [4.69, 9.17) is 5.11 Å². The third-order valence-electron chi connectivity index (χ3n) is 1.47. The van der Waals surface area contributed by atoms with Crippen LogP contribution in [-0.4, -0.2) is 34.6 Å². The van der Waals surface area contributed by atoms with Crippen molar-refractivity contribution in [3.05, 3.63) is 0 Å². The quantitative estimate of drug-likeness (QED) is 0.593. The van der Waals surface area contributed by atoms with Gasteiger partial charge in [-0.15, -0.1) is 0 Å². The van der Waals surface area contributed by atoms with Crippen molar-refractivity contribution < 1.29 is 10.3 Å². The zero-order valence-corrected chi connectivity index (χ0v) is 7.62. The number of nitrogens with zero attached hydrogens (tertiary/aromatic N) is 1. The summed E-state index contributed by atoms with van der Waals surface area (Å²) < 4.78 is 0. The predicted molar refractivity (Wildman–Crippen MR) is 44.5 cm³/mol. The Hall–Kier alpha value is -0.120. The van der Waals surface area contributed by atoms with Gasteiger partial charge in [-0.25, -0.2) is 0 Å². The molecule has 0 bridgehead atoms. The van der Waals surface area contributed by atoms with Gasteiger partial charge in [0.15, 0.2) is 0 Å². The first kappa shape index (κ1) is 10.9. The van der Waals surface area contributed by atoms with Crippen LogP contribution in [0.15, 0.2) is 0 Å². The van der Waals surface area contributed by atoms with Crippen molar-refractivity contribution in [1.82, 2.24) is 5.06 Å². The fourth-order valence-corrected chi connectivity index (χ4v) is 0.868. The molecule has 0 aromatic rings. The molecule has 1 unspecified atom stereocenters. The van der Waals surface area contributed by atoms with Crippen molar-refractivity contribution in [2.24, 2.45) is 5.92 Å². The number of aliphatic hydroxyl groups excluding tert-OH is 1. The molecule has 2 N–H and O–H groups in total. The highest BCUT2D eigenvalue weighted by molar-refractivity contribution is 4.56. The summed E-state index contributed by atoms with van der Waals surface area (Å²) in [6.07, 6.45) is 0.286. The molecule has 0 heterocycles. The summed E-state index contributed by atoms with van der Waals surface area (Å²) in [5, 5.41) is 19.5. The first-order valence-corrected chi connectivity index (χ1v) is 4.18. The minimum atomic E-state index is -0.404. The largest absolute Gasteiger partial charge is 0.392 e. The minimum absolute atomic E-state index is 0.356. The van der Waals surface area contributed by atoms with E-state index in [0.717, 1.165) is 0 Å². The summed E-state index contributed by atoms with van der Waals surface area (Å²) in [6.45, 7) is 6.93. The van der Waals surface area contributed by atoms with E-state index in [-0.39, 0.29) is 0 Å². The Labute approximate surface area is 68.6 Å². The van der Waals surface area contributed by atoms with Gasteiger partial charge in [-0.05, 0) is 12.3 Å². The summed E-state index contributed by atoms with van der Waals surface area (Å²) in [7, 11) is 0. The SMILES string of the molecule is CCC(O)CN(O)CC(C)C. The van der Waals surface area contributed by atoms with E-state index in [1.807, 2.05) is 20.8 Å². The van der Waals surface area contributed by atoms with Crippen LogP contribution in [0.2, 0.25) is 0 Å². The standard InChI is InChI=1S/C8H19NO2/c1-4-8(10)6-9(11)5-7(2)3/h7-8,10-11H,4-6H2,1-3H3. The van der Waals surface area contributed by atoms with E-state index in [2.05, 4.69) is 0 Å². The Bertz CT molecular complexity index is 96.1. The maximum atomic E-state index is 9.19. The smallest absolute Gasteiger partial charge is 0.0687 e. The van der Waals surface area contributed by atoms with Gasteiger partial charge in [-0.1, -0.05) is 20.8 Å². The van der Waals surface area contributed by atoms with E-state index in [0.29, 0.717) is 25.4 Å². The molecule has 0 spiro atoms. The van der Waals surface area contributed by atoms with Gasteiger partial charge in [-0.2, -0.15) is 5.06 Å². The van der Waals surface area contributed by atoms with Crippen molar-refractivity contribution in [2.45, 2.75) is 33.3 Å². The average Bonchev–Trinajstić information content (AvgIpc) is 1.85. The van der Waals surface area contributed by atoms with Gasteiger partial charge in [0.05, 0.1) is 6.10 Å². The Morgan fingerprint density at radius 3 is 2.18 bits per heavy atom. The van der Waals surface area contributed by atoms with Crippen LogP contribution in [0.25, 0.3) is 0 Å². The van der Waals surface area contributed by atoms with Crippen molar-refractivity contribution in [1.29, 1.82) is 0 Å². The summed E-state index contributed by atoms with van der Waals surface area (Å²) in [4.78, 5) is 0. The molecule has 0 aliphatic heterocycles. The van der Waals surface area contributed by atoms with Crippen LogP contribution in [0.4, 0.5) is 0 Å². The lowest BCUT2D eigenvalue weighted by Crippen LogP contribution is -2.32. The molecular weight excluding hydrogens is 142 g/mol. The van der Waals surface area contributed by atoms with E-state index in [9.17, 15) is 5.21 Å². The monoisotopic (exact) mass is 161 g/mol. The Morgan fingerprint density at radius 2 is 1.82 bits per heavy atom. The van der Waals surface area contributed by atoms with Gasteiger partial charge in [0.2, 0.25) is 0 Å². The number of aliphatic hydroxyl groups is 1. The Kier molecular flexibility index (Phi) is 5.46. The first-order chi connectivity index (χ1) is 5.06. The van der Waals surface area contributed by atoms with Gasteiger partial charge in [-0.3, -0.25) is 0 Å². The third kappa shape index (κ3) is 6.28. The second-order valence-corrected chi connectivity index (χ2v) is 3.33. The molecule has 0 fully saturated rings. The normalized spacial score (nSPS) is 14.5. The summed E-state index contributed by atoms with van der Waals surface area (Å²) >= 11 is 0. The second kappa shape index (κ2) is 5.52. The molecule has 0 aromatic heterocycles. The van der Waals surface area contributed by atoms with E-state index in [1.165, 1.54) is 5.06 Å². The zero-order chi connectivity index (χ0) is 8.85. The summed E-state index contributed by atoms with van der Waals surface area (Å²) in [5.41, 5.74) is 0. The molecule has 0 saturated carbocycles. The molecule has 3 heteroatoms. The molecular formula is C8H19NO2. The van der Waals surface area contributed by atoms with Crippen molar-refractivity contribution in [3.8, 4) is 0 Å². The average molecular weight is 161 g/mol. The van der Waals surface area contributed by atoms with Gasteiger partial charge in [0, 0.05) is 13.1 Å². The van der Waals surface area contributed by atoms with Gasteiger partial charge in [0.1, 0.15) is 0 Å². The molecule has 0 aromatic carbocycles. The van der Waals surface area contributed by atoms with Gasteiger partial charge < -0.3 is 10.3 Å². The molecule has 11 heavy (non-hydrogen) atoms. The van der Waals surface area contributed by atoms with Crippen LogP contribution in [0, 0.1) is 5.92 Å². The summed E-state index contributed by atoms with van der Waals surface area (Å²) in [5.74, 6) is 0.434. The predicted octanol–water partition coefficient (Wildman–Crippen LogP) is 1.10. The van der Waals surface area contributed by atoms with E-state index >= 15 is 0 Å². The third-order valence-corrected chi connectivity index (χ3v) is 1.47. The number of hydrogen-bond donors (Lipinski definition) is 2. The number of hydrogen-bond acceptors (Lipinski definition) is 3. The van der Waals surface area contributed by atoms with E-state index < -0.39 is 6.10 Å². The minimum Gasteiger partial charge on any atom is -0.392 e. The van der Waals surface area contributed by atoms with E-state index in [1.54, 1.807) is 0 Å². The van der Waals surface area contributed by atoms with Crippen molar-refractivity contribution in [3.63, 3.8) is 0 Å². The number of rotatable bonds is 5. The fourth-order valence-electron chi connectivity index (χ4n) is 0.868. The topological polar surface area (TPSA) is 43.7 Å². The van der Waals surface area contributed by atoms with Gasteiger partial charge in [0.25, 0.3) is 0 Å². The van der Waals surface area contributed by atoms with Crippen LogP contribution < -0.4 is 0 Å². The molecule has 0 aliphatic rings. The second-order valence-electron chi connectivity index (χ2n) is 3.33. The molecule has 0 amide bonds. The van der Waals surface area contributed by atoms with Crippen LogP contribution in [0.5, 0.6) is 0 Å². The lowest BCUT2D eigenvalue weighted by Gasteiger charge is -2.19. The maximum Gasteiger partial charge on any atom is 0.0687 e. The lowest BCUT2D eigenvalue weighted by atomic mass is 10.2. The fraction of sp³-hybridized carbons (Fsp3) is 1.00. The first-order valence-electron chi connectivity index (χ1n) is 4.18. The van der Waals surface area contributed by atoms with Crippen LogP contribution >= 0.6 is 0 Å². The molecule has 0 aliphatic carbocycles. The molecule has 68 valence electrons. The molecule has 0 radical (unpaired) electrons. The highest BCUT2D eigenvalue weighted by Gasteiger charge is 2.08. The molecule has 0 rings (SSSR count). The molecule has 3 nitrogen and oxygen atoms in total. The van der Waals surface area contributed by atoms with Gasteiger partial charge >= 0.3 is 0 Å². The summed E-state index contributed by atoms with van der Waals surface area (Å²) in [6, 6.07) is 0. The van der Waals surface area contributed by atoms with Crippen molar-refractivity contribution >= 4 is 0 Å². The zero-order valence-electron chi connectivity index (χ0n) is 7.62. The highest BCUT2D eigenvalue weighted by atomic mass is 16.5.